The molecule has 1 atom stereocenters. The van der Waals surface area contributed by atoms with Gasteiger partial charge in [0, 0.05) is 5.92 Å². The molecule has 0 aromatic rings. The van der Waals surface area contributed by atoms with Gasteiger partial charge < -0.3 is 10.2 Å². The van der Waals surface area contributed by atoms with Crippen LogP contribution in [0.4, 0.5) is 0 Å². The van der Waals surface area contributed by atoms with E-state index in [2.05, 4.69) is 17.3 Å². The van der Waals surface area contributed by atoms with Crippen LogP contribution in [-0.2, 0) is 4.79 Å². The van der Waals surface area contributed by atoms with E-state index in [1.807, 2.05) is 0 Å². The van der Waals surface area contributed by atoms with Crippen LogP contribution in [0.25, 0.3) is 0 Å². The molecule has 0 bridgehead atoms. The molecule has 0 spiro atoms. The van der Waals surface area contributed by atoms with Gasteiger partial charge >= 0.3 is 0 Å². The smallest absolute Gasteiger partial charge is 0.150 e. The molecule has 0 amide bonds. The van der Waals surface area contributed by atoms with Crippen LogP contribution < -0.4 is 5.32 Å². The quantitative estimate of drug-likeness (QED) is 0.663. The van der Waals surface area contributed by atoms with Crippen molar-refractivity contribution < 1.29 is 4.79 Å². The van der Waals surface area contributed by atoms with Crippen LogP contribution in [0.15, 0.2) is 0 Å². The van der Waals surface area contributed by atoms with Crippen LogP contribution in [0.2, 0.25) is 0 Å². The van der Waals surface area contributed by atoms with Crippen LogP contribution in [-0.4, -0.2) is 43.9 Å². The van der Waals surface area contributed by atoms with Crippen LogP contribution >= 0.6 is 0 Å². The highest BCUT2D eigenvalue weighted by Gasteiger charge is 2.31. The molecule has 2 heterocycles. The summed E-state index contributed by atoms with van der Waals surface area (Å²) in [4.78, 5) is 14.1. The minimum atomic E-state index is 0.366. The fourth-order valence-electron chi connectivity index (χ4n) is 2.69. The molecule has 14 heavy (non-hydrogen) atoms. The molecular formula is C11H20N2O. The summed E-state index contributed by atoms with van der Waals surface area (Å²) in [5.41, 5.74) is 0. The van der Waals surface area contributed by atoms with Crippen molar-refractivity contribution in [3.63, 3.8) is 0 Å². The zero-order chi connectivity index (χ0) is 9.97. The van der Waals surface area contributed by atoms with Crippen molar-refractivity contribution in [1.82, 2.24) is 10.2 Å². The summed E-state index contributed by atoms with van der Waals surface area (Å²) in [5.74, 6) is 1.48. The predicted octanol–water partition coefficient (Wildman–Crippen LogP) is 0.507. The van der Waals surface area contributed by atoms with Gasteiger partial charge in [-0.1, -0.05) is 0 Å². The van der Waals surface area contributed by atoms with Gasteiger partial charge in [-0.05, 0) is 51.9 Å². The maximum atomic E-state index is 11.7. The lowest BCUT2D eigenvalue weighted by atomic mass is 9.78. The molecule has 0 radical (unpaired) electrons. The van der Waals surface area contributed by atoms with Crippen molar-refractivity contribution in [1.29, 1.82) is 0 Å². The Labute approximate surface area is 85.8 Å². The molecule has 2 rings (SSSR count). The summed E-state index contributed by atoms with van der Waals surface area (Å²) in [6.45, 7) is 3.98. The van der Waals surface area contributed by atoms with Crippen molar-refractivity contribution >= 4 is 5.78 Å². The molecule has 0 aliphatic carbocycles. The normalized spacial score (nSPS) is 32.1. The first-order chi connectivity index (χ1) is 6.77. The average molecular weight is 196 g/mol. The van der Waals surface area contributed by atoms with Gasteiger partial charge in [-0.2, -0.15) is 0 Å². The van der Waals surface area contributed by atoms with E-state index in [1.165, 1.54) is 25.9 Å². The Morgan fingerprint density at radius 2 is 2.00 bits per heavy atom. The van der Waals surface area contributed by atoms with E-state index in [9.17, 15) is 4.79 Å². The molecule has 2 aliphatic rings. The Bertz CT molecular complexity index is 209. The molecule has 0 aromatic heterocycles. The highest BCUT2D eigenvalue weighted by Crippen LogP contribution is 2.28. The maximum Gasteiger partial charge on any atom is 0.150 e. The predicted molar refractivity (Wildman–Crippen MR) is 56.2 cm³/mol. The number of carbonyl (C=O) groups excluding carboxylic acids is 1. The molecule has 80 valence electrons. The summed E-state index contributed by atoms with van der Waals surface area (Å²) < 4.78 is 0. The van der Waals surface area contributed by atoms with E-state index in [0.717, 1.165) is 13.0 Å². The summed E-state index contributed by atoms with van der Waals surface area (Å²) in [5, 5.41) is 3.15. The summed E-state index contributed by atoms with van der Waals surface area (Å²) >= 11 is 0. The first kappa shape index (κ1) is 10.1. The zero-order valence-corrected chi connectivity index (χ0v) is 8.96. The first-order valence-electron chi connectivity index (χ1n) is 5.69. The van der Waals surface area contributed by atoms with Crippen molar-refractivity contribution in [2.24, 2.45) is 11.8 Å². The number of ketones is 1. The highest BCUT2D eigenvalue weighted by molar-refractivity contribution is 5.83. The standard InChI is InChI=1S/C11H20N2O/c1-13-6-3-9(4-7-13)10-2-5-12-8-11(10)14/h9-10,12H,2-8H2,1H3. The van der Waals surface area contributed by atoms with Gasteiger partial charge in [0.1, 0.15) is 5.78 Å². The van der Waals surface area contributed by atoms with Gasteiger partial charge in [0.25, 0.3) is 0 Å². The Morgan fingerprint density at radius 3 is 2.64 bits per heavy atom. The topological polar surface area (TPSA) is 32.3 Å². The van der Waals surface area contributed by atoms with E-state index >= 15 is 0 Å². The Kier molecular flexibility index (Phi) is 3.19. The third-order valence-electron chi connectivity index (χ3n) is 3.68. The minimum absolute atomic E-state index is 0.366. The molecule has 3 nitrogen and oxygen atoms in total. The van der Waals surface area contributed by atoms with Gasteiger partial charge in [-0.15, -0.1) is 0 Å². The van der Waals surface area contributed by atoms with Crippen molar-refractivity contribution in [2.45, 2.75) is 19.3 Å². The summed E-state index contributed by atoms with van der Waals surface area (Å²) in [6.07, 6.45) is 3.49. The largest absolute Gasteiger partial charge is 0.310 e. The monoisotopic (exact) mass is 196 g/mol. The summed E-state index contributed by atoms with van der Waals surface area (Å²) in [7, 11) is 2.17. The number of rotatable bonds is 1. The van der Waals surface area contributed by atoms with Crippen LogP contribution in [0, 0.1) is 11.8 Å². The van der Waals surface area contributed by atoms with Gasteiger partial charge in [0.15, 0.2) is 0 Å². The molecule has 0 aromatic carbocycles. The third-order valence-corrected chi connectivity index (χ3v) is 3.68. The van der Waals surface area contributed by atoms with Gasteiger partial charge in [0.05, 0.1) is 6.54 Å². The molecule has 0 saturated carbocycles. The lowest BCUT2D eigenvalue weighted by molar-refractivity contribution is -0.125. The van der Waals surface area contributed by atoms with Gasteiger partial charge in [-0.25, -0.2) is 0 Å². The zero-order valence-electron chi connectivity index (χ0n) is 8.96. The van der Waals surface area contributed by atoms with E-state index < -0.39 is 0 Å². The van der Waals surface area contributed by atoms with E-state index in [-0.39, 0.29) is 0 Å². The fourth-order valence-corrected chi connectivity index (χ4v) is 2.69. The number of likely N-dealkylation sites (tertiary alicyclic amines) is 1. The number of hydrogen-bond acceptors (Lipinski definition) is 3. The van der Waals surface area contributed by atoms with Crippen molar-refractivity contribution in [3.05, 3.63) is 0 Å². The molecule has 2 fully saturated rings. The van der Waals surface area contributed by atoms with Gasteiger partial charge in [0.2, 0.25) is 0 Å². The number of nitrogens with zero attached hydrogens (tertiary/aromatic N) is 1. The van der Waals surface area contributed by atoms with Crippen LogP contribution in [0.5, 0.6) is 0 Å². The van der Waals surface area contributed by atoms with Crippen LogP contribution in [0.1, 0.15) is 19.3 Å². The minimum Gasteiger partial charge on any atom is -0.310 e. The van der Waals surface area contributed by atoms with E-state index in [0.29, 0.717) is 24.2 Å². The third kappa shape index (κ3) is 2.15. The molecule has 3 heteroatoms. The van der Waals surface area contributed by atoms with Crippen molar-refractivity contribution in [3.8, 4) is 0 Å². The van der Waals surface area contributed by atoms with Gasteiger partial charge in [-0.3, -0.25) is 4.79 Å². The van der Waals surface area contributed by atoms with E-state index in [1.54, 1.807) is 0 Å². The second-order valence-electron chi connectivity index (χ2n) is 4.68. The average Bonchev–Trinajstić information content (AvgIpc) is 2.20. The number of nitrogens with one attached hydrogen (secondary N) is 1. The van der Waals surface area contributed by atoms with Crippen LogP contribution in [0.3, 0.4) is 0 Å². The summed E-state index contributed by atoms with van der Waals surface area (Å²) in [6, 6.07) is 0. The lowest BCUT2D eigenvalue weighted by Gasteiger charge is -2.35. The lowest BCUT2D eigenvalue weighted by Crippen LogP contribution is -2.43. The second kappa shape index (κ2) is 4.41. The SMILES string of the molecule is CN1CCC(C2CCNCC2=O)CC1. The highest BCUT2D eigenvalue weighted by atomic mass is 16.1. The maximum absolute atomic E-state index is 11.7. The first-order valence-corrected chi connectivity index (χ1v) is 5.69. The van der Waals surface area contributed by atoms with Crippen molar-refractivity contribution in [2.75, 3.05) is 33.2 Å². The molecule has 2 saturated heterocycles. The number of carbonyl (C=O) groups is 1. The van der Waals surface area contributed by atoms with E-state index in [4.69, 9.17) is 0 Å². The Balaban J connectivity index is 1.90. The number of Topliss-reactive ketones (excluding diaryl/α,β-unsaturated/α-hetero) is 1. The Morgan fingerprint density at radius 1 is 1.29 bits per heavy atom. The fraction of sp³-hybridized carbons (Fsp3) is 0.909. The molecule has 2 aliphatic heterocycles. The molecule has 1 unspecified atom stereocenters. The number of piperidine rings is 2. The second-order valence-corrected chi connectivity index (χ2v) is 4.68. The Hall–Kier alpha value is -0.410. The molecule has 1 N–H and O–H groups in total. The molecular weight excluding hydrogens is 176 g/mol. The number of hydrogen-bond donors (Lipinski definition) is 1.